The maximum atomic E-state index is 9.01. The van der Waals surface area contributed by atoms with E-state index in [0.717, 1.165) is 42.8 Å². The number of aryl methyl sites for hydroxylation is 1. The Morgan fingerprint density at radius 1 is 1.24 bits per heavy atom. The second-order valence-electron chi connectivity index (χ2n) is 4.35. The van der Waals surface area contributed by atoms with Crippen molar-refractivity contribution in [3.8, 4) is 0 Å². The van der Waals surface area contributed by atoms with Crippen LogP contribution in [0.3, 0.4) is 0 Å². The van der Waals surface area contributed by atoms with Crippen LogP contribution < -0.4 is 4.90 Å². The first-order chi connectivity index (χ1) is 8.19. The molecular formula is C13H22N2O2. The average Bonchev–Trinajstić information content (AvgIpc) is 2.34. The van der Waals surface area contributed by atoms with Crippen LogP contribution in [-0.4, -0.2) is 35.4 Å². The number of aliphatic hydroxyl groups is 2. The summed E-state index contributed by atoms with van der Waals surface area (Å²) >= 11 is 0. The van der Waals surface area contributed by atoms with Crippen LogP contribution >= 0.6 is 0 Å². The van der Waals surface area contributed by atoms with Crippen LogP contribution in [0.2, 0.25) is 0 Å². The maximum Gasteiger partial charge on any atom is 0.131 e. The van der Waals surface area contributed by atoms with Crippen LogP contribution in [-0.2, 0) is 6.61 Å². The van der Waals surface area contributed by atoms with Gasteiger partial charge in [-0.25, -0.2) is 4.98 Å². The Morgan fingerprint density at radius 2 is 2.00 bits per heavy atom. The molecule has 4 heteroatoms. The first-order valence-electron chi connectivity index (χ1n) is 6.07. The molecule has 0 unspecified atom stereocenters. The van der Waals surface area contributed by atoms with E-state index in [2.05, 4.69) is 9.88 Å². The highest BCUT2D eigenvalue weighted by atomic mass is 16.3. The minimum Gasteiger partial charge on any atom is -0.396 e. The summed E-state index contributed by atoms with van der Waals surface area (Å²) in [6.45, 7) is 3.25. The van der Waals surface area contributed by atoms with Gasteiger partial charge in [0.25, 0.3) is 0 Å². The molecule has 0 amide bonds. The summed E-state index contributed by atoms with van der Waals surface area (Å²) in [7, 11) is 2.02. The third-order valence-corrected chi connectivity index (χ3v) is 2.80. The normalized spacial score (nSPS) is 10.6. The second kappa shape index (κ2) is 7.25. The Kier molecular flexibility index (Phi) is 5.94. The molecule has 0 aliphatic carbocycles. The van der Waals surface area contributed by atoms with Crippen LogP contribution in [0, 0.1) is 6.92 Å². The van der Waals surface area contributed by atoms with Gasteiger partial charge < -0.3 is 15.1 Å². The van der Waals surface area contributed by atoms with E-state index in [9.17, 15) is 0 Å². The van der Waals surface area contributed by atoms with Crippen molar-refractivity contribution in [1.29, 1.82) is 0 Å². The molecule has 0 atom stereocenters. The van der Waals surface area contributed by atoms with Gasteiger partial charge in [0.2, 0.25) is 0 Å². The first kappa shape index (κ1) is 13.9. The molecule has 17 heavy (non-hydrogen) atoms. The molecule has 1 heterocycles. The molecule has 1 aromatic rings. The number of unbranched alkanes of at least 4 members (excludes halogenated alkanes) is 2. The Hall–Kier alpha value is -1.13. The molecule has 96 valence electrons. The number of aliphatic hydroxyl groups excluding tert-OH is 2. The number of pyridine rings is 1. The number of hydrogen-bond acceptors (Lipinski definition) is 4. The number of hydrogen-bond donors (Lipinski definition) is 2. The lowest BCUT2D eigenvalue weighted by molar-refractivity contribution is 0.281. The van der Waals surface area contributed by atoms with Crippen molar-refractivity contribution in [2.24, 2.45) is 0 Å². The minimum absolute atomic E-state index is 0.0360. The van der Waals surface area contributed by atoms with E-state index in [4.69, 9.17) is 10.2 Å². The molecular weight excluding hydrogens is 216 g/mol. The SMILES string of the molecule is Cc1cc(CO)cnc1N(C)CCCCCO. The van der Waals surface area contributed by atoms with Crippen LogP contribution in [0.5, 0.6) is 0 Å². The molecule has 0 aliphatic heterocycles. The van der Waals surface area contributed by atoms with Crippen molar-refractivity contribution >= 4 is 5.82 Å². The molecule has 1 aromatic heterocycles. The summed E-state index contributed by atoms with van der Waals surface area (Å²) in [6, 6.07) is 1.96. The van der Waals surface area contributed by atoms with Crippen LogP contribution in [0.15, 0.2) is 12.3 Å². The zero-order chi connectivity index (χ0) is 12.7. The van der Waals surface area contributed by atoms with Crippen LogP contribution in [0.4, 0.5) is 5.82 Å². The van der Waals surface area contributed by atoms with E-state index < -0.39 is 0 Å². The summed E-state index contributed by atoms with van der Waals surface area (Å²) in [5.41, 5.74) is 1.93. The van der Waals surface area contributed by atoms with Crippen molar-refractivity contribution in [2.75, 3.05) is 25.1 Å². The summed E-state index contributed by atoms with van der Waals surface area (Å²) < 4.78 is 0. The van der Waals surface area contributed by atoms with E-state index in [1.165, 1.54) is 0 Å². The van der Waals surface area contributed by atoms with Crippen molar-refractivity contribution in [2.45, 2.75) is 32.8 Å². The van der Waals surface area contributed by atoms with E-state index in [-0.39, 0.29) is 13.2 Å². The third kappa shape index (κ3) is 4.32. The smallest absolute Gasteiger partial charge is 0.131 e. The summed E-state index contributed by atoms with van der Waals surface area (Å²) in [4.78, 5) is 6.48. The van der Waals surface area contributed by atoms with Gasteiger partial charge in [-0.1, -0.05) is 0 Å². The number of aromatic nitrogens is 1. The Labute approximate surface area is 103 Å². The quantitative estimate of drug-likeness (QED) is 0.706. The second-order valence-corrected chi connectivity index (χ2v) is 4.35. The fourth-order valence-corrected chi connectivity index (χ4v) is 1.86. The lowest BCUT2D eigenvalue weighted by Crippen LogP contribution is -2.20. The lowest BCUT2D eigenvalue weighted by Gasteiger charge is -2.20. The van der Waals surface area contributed by atoms with Crippen molar-refractivity contribution in [1.82, 2.24) is 4.98 Å². The largest absolute Gasteiger partial charge is 0.396 e. The van der Waals surface area contributed by atoms with Gasteiger partial charge >= 0.3 is 0 Å². The van der Waals surface area contributed by atoms with Gasteiger partial charge in [0.15, 0.2) is 0 Å². The molecule has 1 rings (SSSR count). The van der Waals surface area contributed by atoms with Gasteiger partial charge in [-0.15, -0.1) is 0 Å². The van der Waals surface area contributed by atoms with E-state index in [0.29, 0.717) is 0 Å². The number of rotatable bonds is 7. The molecule has 0 fully saturated rings. The molecule has 0 bridgehead atoms. The number of nitrogens with zero attached hydrogens (tertiary/aromatic N) is 2. The molecule has 0 saturated carbocycles. The molecule has 4 nitrogen and oxygen atoms in total. The molecule has 0 radical (unpaired) electrons. The Balaban J connectivity index is 2.53. The fourth-order valence-electron chi connectivity index (χ4n) is 1.86. The van der Waals surface area contributed by atoms with Gasteiger partial charge in [0, 0.05) is 26.4 Å². The minimum atomic E-state index is 0.0360. The van der Waals surface area contributed by atoms with Crippen molar-refractivity contribution in [3.05, 3.63) is 23.4 Å². The maximum absolute atomic E-state index is 9.01. The Morgan fingerprint density at radius 3 is 2.59 bits per heavy atom. The van der Waals surface area contributed by atoms with E-state index in [1.807, 2.05) is 20.0 Å². The van der Waals surface area contributed by atoms with E-state index >= 15 is 0 Å². The highest BCUT2D eigenvalue weighted by Gasteiger charge is 2.06. The van der Waals surface area contributed by atoms with Crippen molar-refractivity contribution < 1.29 is 10.2 Å². The molecule has 0 saturated heterocycles. The predicted molar refractivity (Wildman–Crippen MR) is 69.1 cm³/mol. The van der Waals surface area contributed by atoms with Gasteiger partial charge in [-0.3, -0.25) is 0 Å². The monoisotopic (exact) mass is 238 g/mol. The van der Waals surface area contributed by atoms with Crippen molar-refractivity contribution in [3.63, 3.8) is 0 Å². The lowest BCUT2D eigenvalue weighted by atomic mass is 10.2. The van der Waals surface area contributed by atoms with Gasteiger partial charge in [-0.2, -0.15) is 0 Å². The topological polar surface area (TPSA) is 56.6 Å². The zero-order valence-electron chi connectivity index (χ0n) is 10.7. The molecule has 0 aliphatic rings. The summed E-state index contributed by atoms with van der Waals surface area (Å²) in [5.74, 6) is 0.964. The van der Waals surface area contributed by atoms with Gasteiger partial charge in [0.1, 0.15) is 5.82 Å². The fraction of sp³-hybridized carbons (Fsp3) is 0.615. The molecule has 2 N–H and O–H groups in total. The molecule has 0 aromatic carbocycles. The van der Waals surface area contributed by atoms with Crippen LogP contribution in [0.25, 0.3) is 0 Å². The van der Waals surface area contributed by atoms with Gasteiger partial charge in [-0.05, 0) is 43.4 Å². The number of anilines is 1. The third-order valence-electron chi connectivity index (χ3n) is 2.80. The summed E-state index contributed by atoms with van der Waals surface area (Å²) in [6.07, 6.45) is 4.67. The summed E-state index contributed by atoms with van der Waals surface area (Å²) in [5, 5.41) is 17.7. The zero-order valence-corrected chi connectivity index (χ0v) is 10.7. The standard InChI is InChI=1S/C13H22N2O2/c1-11-8-12(10-17)9-14-13(11)15(2)6-4-3-5-7-16/h8-9,16-17H,3-7,10H2,1-2H3. The van der Waals surface area contributed by atoms with E-state index in [1.54, 1.807) is 6.20 Å². The van der Waals surface area contributed by atoms with Crippen LogP contribution in [0.1, 0.15) is 30.4 Å². The predicted octanol–water partition coefficient (Wildman–Crippen LogP) is 1.48. The highest BCUT2D eigenvalue weighted by molar-refractivity contribution is 5.46. The highest BCUT2D eigenvalue weighted by Crippen LogP contribution is 2.17. The first-order valence-corrected chi connectivity index (χ1v) is 6.07. The van der Waals surface area contributed by atoms with Gasteiger partial charge in [0.05, 0.1) is 6.61 Å². The molecule has 0 spiro atoms. The Bertz CT molecular complexity index is 342. The average molecular weight is 238 g/mol.